The largest absolute Gasteiger partial charge is 0.399 e. The maximum atomic E-state index is 12.1. The fraction of sp³-hybridized carbons (Fsp3) is 0.500. The van der Waals surface area contributed by atoms with Gasteiger partial charge in [-0.1, -0.05) is 26.7 Å². The second-order valence-electron chi connectivity index (χ2n) is 4.22. The van der Waals surface area contributed by atoms with Crippen LogP contribution >= 0.6 is 15.9 Å². The number of nitrogens with one attached hydrogen (secondary N) is 1. The predicted octanol–water partition coefficient (Wildman–Crippen LogP) is 2.75. The maximum Gasteiger partial charge on any atom is 0.241 e. The molecule has 0 aliphatic rings. The highest BCUT2D eigenvalue weighted by molar-refractivity contribution is 9.10. The van der Waals surface area contributed by atoms with Gasteiger partial charge in [0.25, 0.3) is 0 Å². The third kappa shape index (κ3) is 3.96. The quantitative estimate of drug-likeness (QED) is 0.785. The molecular weight excluding hydrogens is 316 g/mol. The summed E-state index contributed by atoms with van der Waals surface area (Å²) in [5, 5.41) is 0. The maximum absolute atomic E-state index is 12.1. The summed E-state index contributed by atoms with van der Waals surface area (Å²) in [6, 6.07) is 4.68. The molecule has 3 N–H and O–H groups in total. The van der Waals surface area contributed by atoms with Crippen LogP contribution in [0.3, 0.4) is 0 Å². The van der Waals surface area contributed by atoms with Crippen molar-refractivity contribution in [3.63, 3.8) is 0 Å². The Hall–Kier alpha value is -0.590. The molecule has 0 radical (unpaired) electrons. The first-order chi connectivity index (χ1) is 8.40. The van der Waals surface area contributed by atoms with Gasteiger partial charge in [-0.2, -0.15) is 0 Å². The first kappa shape index (κ1) is 15.5. The van der Waals surface area contributed by atoms with Crippen molar-refractivity contribution in [2.75, 3.05) is 12.3 Å². The summed E-state index contributed by atoms with van der Waals surface area (Å²) >= 11 is 3.22. The van der Waals surface area contributed by atoms with Gasteiger partial charge in [-0.25, -0.2) is 13.1 Å². The van der Waals surface area contributed by atoms with E-state index in [9.17, 15) is 8.42 Å². The highest BCUT2D eigenvalue weighted by Gasteiger charge is 2.18. The van der Waals surface area contributed by atoms with E-state index in [2.05, 4.69) is 34.5 Å². The van der Waals surface area contributed by atoms with Crippen LogP contribution < -0.4 is 10.5 Å². The van der Waals surface area contributed by atoms with Crippen LogP contribution in [0, 0.1) is 5.92 Å². The molecule has 0 heterocycles. The fourth-order valence-corrected chi connectivity index (χ4v) is 3.83. The molecule has 0 amide bonds. The minimum absolute atomic E-state index is 0.225. The Morgan fingerprint density at radius 1 is 1.33 bits per heavy atom. The SMILES string of the molecule is CCC(CC)CNS(=O)(=O)c1ccc(N)cc1Br. The highest BCUT2D eigenvalue weighted by atomic mass is 79.9. The molecule has 1 aromatic carbocycles. The van der Waals surface area contributed by atoms with Crippen molar-refractivity contribution in [3.05, 3.63) is 22.7 Å². The lowest BCUT2D eigenvalue weighted by molar-refractivity contribution is 0.479. The van der Waals surface area contributed by atoms with E-state index in [-0.39, 0.29) is 4.90 Å². The lowest BCUT2D eigenvalue weighted by atomic mass is 10.0. The minimum atomic E-state index is -3.48. The Kier molecular flexibility index (Phi) is 5.62. The van der Waals surface area contributed by atoms with Gasteiger partial charge in [0, 0.05) is 16.7 Å². The van der Waals surface area contributed by atoms with E-state index in [1.54, 1.807) is 12.1 Å². The van der Waals surface area contributed by atoms with Gasteiger partial charge in [-0.05, 0) is 40.0 Å². The zero-order valence-corrected chi connectivity index (χ0v) is 13.0. The van der Waals surface area contributed by atoms with Gasteiger partial charge in [0.2, 0.25) is 10.0 Å². The molecule has 0 saturated carbocycles. The van der Waals surface area contributed by atoms with E-state index < -0.39 is 10.0 Å². The average Bonchev–Trinajstić information content (AvgIpc) is 2.29. The number of benzene rings is 1. The summed E-state index contributed by atoms with van der Waals surface area (Å²) in [6.07, 6.45) is 1.92. The molecule has 1 aromatic rings. The number of sulfonamides is 1. The van der Waals surface area contributed by atoms with Gasteiger partial charge in [0.05, 0.1) is 4.90 Å². The third-order valence-corrected chi connectivity index (χ3v) is 5.36. The van der Waals surface area contributed by atoms with Crippen LogP contribution in [0.4, 0.5) is 5.69 Å². The van der Waals surface area contributed by atoms with Gasteiger partial charge in [-0.15, -0.1) is 0 Å². The normalized spacial score (nSPS) is 12.0. The van der Waals surface area contributed by atoms with Crippen LogP contribution in [-0.2, 0) is 10.0 Å². The van der Waals surface area contributed by atoms with Crippen molar-refractivity contribution >= 4 is 31.6 Å². The van der Waals surface area contributed by atoms with Crippen molar-refractivity contribution in [2.45, 2.75) is 31.6 Å². The van der Waals surface area contributed by atoms with E-state index in [0.717, 1.165) is 12.8 Å². The fourth-order valence-electron chi connectivity index (χ4n) is 1.62. The Morgan fingerprint density at radius 2 is 1.94 bits per heavy atom. The second-order valence-corrected chi connectivity index (χ2v) is 6.81. The van der Waals surface area contributed by atoms with E-state index in [0.29, 0.717) is 22.6 Å². The first-order valence-electron chi connectivity index (χ1n) is 5.95. The molecule has 4 nitrogen and oxygen atoms in total. The molecular formula is C12H19BrN2O2S. The molecule has 0 aliphatic heterocycles. The summed E-state index contributed by atoms with van der Waals surface area (Å²) in [4.78, 5) is 0.225. The van der Waals surface area contributed by atoms with E-state index in [4.69, 9.17) is 5.73 Å². The summed E-state index contributed by atoms with van der Waals surface area (Å²) in [5.41, 5.74) is 6.12. The van der Waals surface area contributed by atoms with Crippen molar-refractivity contribution in [1.29, 1.82) is 0 Å². The van der Waals surface area contributed by atoms with Gasteiger partial charge in [-0.3, -0.25) is 0 Å². The standard InChI is InChI=1S/C12H19BrN2O2S/c1-3-9(4-2)8-15-18(16,17)12-6-5-10(14)7-11(12)13/h5-7,9,15H,3-4,8,14H2,1-2H3. The lowest BCUT2D eigenvalue weighted by Crippen LogP contribution is -2.29. The monoisotopic (exact) mass is 334 g/mol. The molecule has 0 bridgehead atoms. The lowest BCUT2D eigenvalue weighted by Gasteiger charge is -2.14. The molecule has 1 rings (SSSR count). The molecule has 0 spiro atoms. The average molecular weight is 335 g/mol. The molecule has 18 heavy (non-hydrogen) atoms. The van der Waals surface area contributed by atoms with E-state index >= 15 is 0 Å². The van der Waals surface area contributed by atoms with Crippen LogP contribution in [0.1, 0.15) is 26.7 Å². The number of rotatable bonds is 6. The Labute approximate surface area is 117 Å². The van der Waals surface area contributed by atoms with Crippen molar-refractivity contribution in [3.8, 4) is 0 Å². The zero-order valence-electron chi connectivity index (χ0n) is 10.6. The third-order valence-electron chi connectivity index (χ3n) is 2.96. The molecule has 0 aromatic heterocycles. The summed E-state index contributed by atoms with van der Waals surface area (Å²) in [6.45, 7) is 4.58. The van der Waals surface area contributed by atoms with Crippen molar-refractivity contribution < 1.29 is 8.42 Å². The summed E-state index contributed by atoms with van der Waals surface area (Å²) in [5.74, 6) is 0.368. The first-order valence-corrected chi connectivity index (χ1v) is 8.23. The minimum Gasteiger partial charge on any atom is -0.399 e. The molecule has 0 atom stereocenters. The van der Waals surface area contributed by atoms with Crippen molar-refractivity contribution in [2.24, 2.45) is 5.92 Å². The zero-order chi connectivity index (χ0) is 13.8. The van der Waals surface area contributed by atoms with E-state index in [1.165, 1.54) is 6.07 Å². The van der Waals surface area contributed by atoms with Gasteiger partial charge in [0.15, 0.2) is 0 Å². The van der Waals surface area contributed by atoms with Crippen molar-refractivity contribution in [1.82, 2.24) is 4.72 Å². The van der Waals surface area contributed by atoms with Gasteiger partial charge >= 0.3 is 0 Å². The van der Waals surface area contributed by atoms with Crippen LogP contribution in [-0.4, -0.2) is 15.0 Å². The Morgan fingerprint density at radius 3 is 2.44 bits per heavy atom. The second kappa shape index (κ2) is 6.54. The number of anilines is 1. The highest BCUT2D eigenvalue weighted by Crippen LogP contribution is 2.24. The van der Waals surface area contributed by atoms with Gasteiger partial charge < -0.3 is 5.73 Å². The smallest absolute Gasteiger partial charge is 0.241 e. The van der Waals surface area contributed by atoms with Gasteiger partial charge in [0.1, 0.15) is 0 Å². The van der Waals surface area contributed by atoms with Crippen LogP contribution in [0.25, 0.3) is 0 Å². The molecule has 0 unspecified atom stereocenters. The van der Waals surface area contributed by atoms with Crippen LogP contribution in [0.2, 0.25) is 0 Å². The Balaban J connectivity index is 2.86. The number of hydrogen-bond donors (Lipinski definition) is 2. The van der Waals surface area contributed by atoms with Crippen LogP contribution in [0.5, 0.6) is 0 Å². The summed E-state index contributed by atoms with van der Waals surface area (Å²) in [7, 11) is -3.48. The Bertz CT molecular complexity index is 499. The molecule has 0 fully saturated rings. The van der Waals surface area contributed by atoms with E-state index in [1.807, 2.05) is 0 Å². The topological polar surface area (TPSA) is 72.2 Å². The van der Waals surface area contributed by atoms with Crippen LogP contribution in [0.15, 0.2) is 27.6 Å². The molecule has 0 saturated heterocycles. The predicted molar refractivity (Wildman–Crippen MR) is 77.8 cm³/mol. The number of nitrogen functional groups attached to an aromatic ring is 1. The number of hydrogen-bond acceptors (Lipinski definition) is 3. The molecule has 0 aliphatic carbocycles. The summed E-state index contributed by atoms with van der Waals surface area (Å²) < 4.78 is 27.4. The number of nitrogens with two attached hydrogens (primary N) is 1. The number of halogens is 1. The molecule has 6 heteroatoms. The molecule has 102 valence electrons.